The van der Waals surface area contributed by atoms with E-state index in [1.807, 2.05) is 24.4 Å². The molecular formula is C28H29N3O2. The standard InChI is InChI=1S/C28H29N3O2/c1-27(2)24-14-19-13-23-22(30-25(33-23)16-4-5-16)15-20(19)28(27,3)9-11-31(24)26(32)18-6-7-21-17(12-18)8-10-29-21/h6-7,10,12-13,15-16,24H,4-5,8-9,11,14H2,1-3H3/t24-,28+/m1/s1. The predicted octanol–water partition coefficient (Wildman–Crippen LogP) is 5.72. The van der Waals surface area contributed by atoms with E-state index in [-0.39, 0.29) is 22.8 Å². The third-order valence-electron chi connectivity index (χ3n) is 9.18. The molecule has 2 aliphatic carbocycles. The van der Waals surface area contributed by atoms with Gasteiger partial charge in [-0.05, 0) is 78.1 Å². The molecule has 0 radical (unpaired) electrons. The monoisotopic (exact) mass is 439 g/mol. The first-order valence-electron chi connectivity index (χ1n) is 12.3. The minimum atomic E-state index is -0.0511. The van der Waals surface area contributed by atoms with Gasteiger partial charge >= 0.3 is 0 Å². The van der Waals surface area contributed by atoms with Gasteiger partial charge in [0.15, 0.2) is 11.5 Å². The number of benzene rings is 2. The average molecular weight is 440 g/mol. The van der Waals surface area contributed by atoms with Gasteiger partial charge in [0.2, 0.25) is 0 Å². The van der Waals surface area contributed by atoms with Crippen molar-refractivity contribution in [2.24, 2.45) is 10.4 Å². The number of hydrogen-bond donors (Lipinski definition) is 0. The van der Waals surface area contributed by atoms with Crippen molar-refractivity contribution >= 4 is 28.9 Å². The highest BCUT2D eigenvalue weighted by atomic mass is 16.3. The lowest BCUT2D eigenvalue weighted by atomic mass is 9.51. The van der Waals surface area contributed by atoms with Crippen molar-refractivity contribution < 1.29 is 9.21 Å². The van der Waals surface area contributed by atoms with Gasteiger partial charge in [-0.25, -0.2) is 4.98 Å². The van der Waals surface area contributed by atoms with Crippen molar-refractivity contribution in [1.29, 1.82) is 0 Å². The third kappa shape index (κ3) is 2.62. The van der Waals surface area contributed by atoms with Gasteiger partial charge in [0, 0.05) is 42.1 Å². The van der Waals surface area contributed by atoms with Gasteiger partial charge in [0.1, 0.15) is 5.52 Å². The van der Waals surface area contributed by atoms with Crippen LogP contribution >= 0.6 is 0 Å². The summed E-state index contributed by atoms with van der Waals surface area (Å²) in [4.78, 5) is 25.1. The normalized spacial score (nSPS) is 27.0. The van der Waals surface area contributed by atoms with Gasteiger partial charge in [0.25, 0.3) is 5.91 Å². The molecule has 5 heteroatoms. The number of nitrogens with zero attached hydrogens (tertiary/aromatic N) is 3. The Morgan fingerprint density at radius 1 is 1.12 bits per heavy atom. The number of carbonyl (C=O) groups excluding carboxylic acids is 1. The number of carbonyl (C=O) groups is 1. The van der Waals surface area contributed by atoms with E-state index in [9.17, 15) is 4.79 Å². The number of piperidine rings is 1. The minimum absolute atomic E-state index is 0.0132. The molecule has 2 aliphatic heterocycles. The van der Waals surface area contributed by atoms with E-state index in [1.165, 1.54) is 24.0 Å². The number of aliphatic imine (C=N–C) groups is 1. The van der Waals surface area contributed by atoms with Gasteiger partial charge in [-0.3, -0.25) is 9.79 Å². The number of oxazole rings is 1. The molecule has 1 saturated carbocycles. The Balaban J connectivity index is 1.29. The first-order valence-corrected chi connectivity index (χ1v) is 12.3. The first kappa shape index (κ1) is 19.5. The van der Waals surface area contributed by atoms with Crippen molar-refractivity contribution in [1.82, 2.24) is 9.88 Å². The molecule has 1 saturated heterocycles. The van der Waals surface area contributed by atoms with E-state index in [0.29, 0.717) is 5.92 Å². The van der Waals surface area contributed by atoms with Crippen LogP contribution in [0.5, 0.6) is 0 Å². The Morgan fingerprint density at radius 2 is 1.97 bits per heavy atom. The number of rotatable bonds is 2. The lowest BCUT2D eigenvalue weighted by Crippen LogP contribution is -2.64. The Bertz CT molecular complexity index is 1360. The molecule has 1 aromatic heterocycles. The molecule has 7 rings (SSSR count). The van der Waals surface area contributed by atoms with Gasteiger partial charge in [0.05, 0.1) is 5.69 Å². The van der Waals surface area contributed by atoms with E-state index >= 15 is 0 Å². The molecule has 168 valence electrons. The largest absolute Gasteiger partial charge is 0.440 e. The van der Waals surface area contributed by atoms with Crippen LogP contribution in [-0.4, -0.2) is 34.6 Å². The topological polar surface area (TPSA) is 58.7 Å². The number of hydrogen-bond acceptors (Lipinski definition) is 4. The van der Waals surface area contributed by atoms with Crippen LogP contribution < -0.4 is 0 Å². The van der Waals surface area contributed by atoms with Crippen LogP contribution in [0.1, 0.15) is 78.9 Å². The van der Waals surface area contributed by atoms with Crippen molar-refractivity contribution in [3.05, 3.63) is 58.5 Å². The summed E-state index contributed by atoms with van der Waals surface area (Å²) in [6.07, 6.45) is 6.91. The predicted molar refractivity (Wildman–Crippen MR) is 129 cm³/mol. The fourth-order valence-electron chi connectivity index (χ4n) is 6.52. The van der Waals surface area contributed by atoms with Crippen LogP contribution in [-0.2, 0) is 18.3 Å². The van der Waals surface area contributed by atoms with E-state index in [0.717, 1.165) is 59.6 Å². The second kappa shape index (κ2) is 6.34. The van der Waals surface area contributed by atoms with E-state index < -0.39 is 0 Å². The van der Waals surface area contributed by atoms with Crippen molar-refractivity contribution in [3.8, 4) is 0 Å². The Labute approximate surface area is 193 Å². The van der Waals surface area contributed by atoms with Crippen molar-refractivity contribution in [3.63, 3.8) is 0 Å². The zero-order chi connectivity index (χ0) is 22.5. The molecule has 3 heterocycles. The van der Waals surface area contributed by atoms with Crippen LogP contribution in [0.15, 0.2) is 39.7 Å². The third-order valence-corrected chi connectivity index (χ3v) is 9.18. The van der Waals surface area contributed by atoms with E-state index in [2.05, 4.69) is 42.8 Å². The van der Waals surface area contributed by atoms with E-state index in [4.69, 9.17) is 9.40 Å². The van der Waals surface area contributed by atoms with Gasteiger partial charge in [-0.1, -0.05) is 20.8 Å². The number of aromatic nitrogens is 1. The number of likely N-dealkylation sites (tertiary alicyclic amines) is 1. The highest BCUT2D eigenvalue weighted by molar-refractivity contribution is 5.96. The van der Waals surface area contributed by atoms with E-state index in [1.54, 1.807) is 0 Å². The van der Waals surface area contributed by atoms with Gasteiger partial charge in [-0.15, -0.1) is 0 Å². The second-order valence-electron chi connectivity index (χ2n) is 11.2. The first-order chi connectivity index (χ1) is 15.8. The van der Waals surface area contributed by atoms with Crippen LogP contribution in [0, 0.1) is 5.41 Å². The minimum Gasteiger partial charge on any atom is -0.440 e. The van der Waals surface area contributed by atoms with Crippen LogP contribution in [0.4, 0.5) is 5.69 Å². The fourth-order valence-corrected chi connectivity index (χ4v) is 6.52. The molecule has 2 bridgehead atoms. The summed E-state index contributed by atoms with van der Waals surface area (Å²) in [5, 5.41) is 0. The molecular weight excluding hydrogens is 410 g/mol. The molecule has 5 nitrogen and oxygen atoms in total. The number of amides is 1. The zero-order valence-corrected chi connectivity index (χ0v) is 19.5. The Kier molecular flexibility index (Phi) is 3.75. The fraction of sp³-hybridized carbons (Fsp3) is 0.464. The molecule has 0 spiro atoms. The molecule has 2 atom stereocenters. The summed E-state index contributed by atoms with van der Waals surface area (Å²) >= 11 is 0. The quantitative estimate of drug-likeness (QED) is 0.513. The zero-order valence-electron chi connectivity index (χ0n) is 19.5. The van der Waals surface area contributed by atoms with Crippen LogP contribution in [0.25, 0.3) is 11.1 Å². The highest BCUT2D eigenvalue weighted by Gasteiger charge is 2.57. The highest BCUT2D eigenvalue weighted by Crippen LogP contribution is 2.57. The van der Waals surface area contributed by atoms with Crippen molar-refractivity contribution in [2.45, 2.75) is 70.3 Å². The molecule has 1 amide bonds. The molecule has 4 aliphatic rings. The van der Waals surface area contributed by atoms with Crippen LogP contribution in [0.3, 0.4) is 0 Å². The summed E-state index contributed by atoms with van der Waals surface area (Å²) in [7, 11) is 0. The average Bonchev–Trinajstić information content (AvgIpc) is 3.38. The lowest BCUT2D eigenvalue weighted by molar-refractivity contribution is -0.0261. The Morgan fingerprint density at radius 3 is 2.79 bits per heavy atom. The summed E-state index contributed by atoms with van der Waals surface area (Å²) < 4.78 is 6.15. The summed E-state index contributed by atoms with van der Waals surface area (Å²) in [6, 6.07) is 10.6. The molecule has 2 fully saturated rings. The Hall–Kier alpha value is -2.95. The maximum atomic E-state index is 13.8. The molecule has 3 aromatic rings. The number of fused-ring (bicyclic) bond motifs is 6. The molecule has 0 N–H and O–H groups in total. The lowest BCUT2D eigenvalue weighted by Gasteiger charge is -2.60. The van der Waals surface area contributed by atoms with Crippen molar-refractivity contribution in [2.75, 3.05) is 6.54 Å². The van der Waals surface area contributed by atoms with Crippen LogP contribution in [0.2, 0.25) is 0 Å². The second-order valence-corrected chi connectivity index (χ2v) is 11.2. The van der Waals surface area contributed by atoms with Gasteiger partial charge in [-0.2, -0.15) is 0 Å². The SMILES string of the molecule is CC1(C)[C@H]2Cc3cc4oc(C5CC5)nc4cc3[C@]1(C)CCN2C(=O)c1ccc2c(c1)CC=N2. The maximum absolute atomic E-state index is 13.8. The summed E-state index contributed by atoms with van der Waals surface area (Å²) in [6.45, 7) is 7.86. The maximum Gasteiger partial charge on any atom is 0.254 e. The smallest absolute Gasteiger partial charge is 0.254 e. The molecule has 0 unspecified atom stereocenters. The summed E-state index contributed by atoms with van der Waals surface area (Å²) in [5.74, 6) is 1.55. The molecule has 33 heavy (non-hydrogen) atoms. The molecule has 2 aromatic carbocycles. The summed E-state index contributed by atoms with van der Waals surface area (Å²) in [5.41, 5.74) is 7.45. The van der Waals surface area contributed by atoms with Gasteiger partial charge < -0.3 is 9.32 Å².